The highest BCUT2D eigenvalue weighted by molar-refractivity contribution is 6.30. The number of halogens is 1. The van der Waals surface area contributed by atoms with Crippen LogP contribution < -0.4 is 10.2 Å². The van der Waals surface area contributed by atoms with Crippen LogP contribution in [0.2, 0.25) is 5.02 Å². The Morgan fingerprint density at radius 2 is 1.95 bits per heavy atom. The summed E-state index contributed by atoms with van der Waals surface area (Å²) in [5.74, 6) is 0. The second kappa shape index (κ2) is 7.56. The van der Waals surface area contributed by atoms with Crippen molar-refractivity contribution in [3.05, 3.63) is 59.1 Å². The fourth-order valence-corrected chi connectivity index (χ4v) is 2.29. The van der Waals surface area contributed by atoms with Gasteiger partial charge in [-0.2, -0.15) is 5.26 Å². The molecular weight excluding hydrogens is 282 g/mol. The minimum atomic E-state index is 0.582. The summed E-state index contributed by atoms with van der Waals surface area (Å²) in [4.78, 5) is 2.22. The maximum absolute atomic E-state index is 9.08. The third kappa shape index (κ3) is 4.40. The summed E-state index contributed by atoms with van der Waals surface area (Å²) in [5, 5.41) is 13.0. The minimum Gasteiger partial charge on any atom is -0.384 e. The number of nitrogens with one attached hydrogen (secondary N) is 1. The van der Waals surface area contributed by atoms with Crippen LogP contribution in [0.1, 0.15) is 12.0 Å². The Hall–Kier alpha value is -2.18. The number of anilines is 2. The number of rotatable bonds is 6. The fraction of sp³-hybridized carbons (Fsp3) is 0.235. The molecule has 0 saturated carbocycles. The lowest BCUT2D eigenvalue weighted by molar-refractivity contribution is 0.816. The molecule has 21 heavy (non-hydrogen) atoms. The Morgan fingerprint density at radius 1 is 1.19 bits per heavy atom. The quantitative estimate of drug-likeness (QED) is 0.814. The molecule has 0 atom stereocenters. The molecule has 0 saturated heterocycles. The molecule has 0 amide bonds. The number of para-hydroxylation sites is 1. The Kier molecular flexibility index (Phi) is 5.48. The Bertz CT molecular complexity index is 620. The molecule has 3 nitrogen and oxygen atoms in total. The van der Waals surface area contributed by atoms with Crippen LogP contribution in [0, 0.1) is 11.3 Å². The van der Waals surface area contributed by atoms with Crippen LogP contribution in [-0.2, 0) is 0 Å². The normalized spacial score (nSPS) is 9.95. The predicted molar refractivity (Wildman–Crippen MR) is 89.0 cm³/mol. The van der Waals surface area contributed by atoms with Gasteiger partial charge in [-0.1, -0.05) is 29.8 Å². The topological polar surface area (TPSA) is 39.1 Å². The summed E-state index contributed by atoms with van der Waals surface area (Å²) in [6.45, 7) is 1.76. The molecule has 2 aromatic carbocycles. The Labute approximate surface area is 130 Å². The monoisotopic (exact) mass is 299 g/mol. The molecule has 0 bridgehead atoms. The van der Waals surface area contributed by atoms with E-state index in [-0.39, 0.29) is 0 Å². The maximum Gasteiger partial charge on any atom is 0.101 e. The van der Waals surface area contributed by atoms with Gasteiger partial charge >= 0.3 is 0 Å². The maximum atomic E-state index is 9.08. The molecule has 108 valence electrons. The second-order valence-electron chi connectivity index (χ2n) is 4.84. The van der Waals surface area contributed by atoms with Gasteiger partial charge in [0.25, 0.3) is 0 Å². The Morgan fingerprint density at radius 3 is 2.67 bits per heavy atom. The van der Waals surface area contributed by atoms with Crippen molar-refractivity contribution in [2.75, 3.05) is 30.4 Å². The number of hydrogen-bond acceptors (Lipinski definition) is 3. The molecule has 4 heteroatoms. The Balaban J connectivity index is 1.82. The first kappa shape index (κ1) is 15.2. The van der Waals surface area contributed by atoms with Crippen molar-refractivity contribution in [1.82, 2.24) is 0 Å². The molecular formula is C17H18ClN3. The lowest BCUT2D eigenvalue weighted by Crippen LogP contribution is -2.20. The molecule has 0 aliphatic rings. The van der Waals surface area contributed by atoms with E-state index < -0.39 is 0 Å². The molecule has 0 radical (unpaired) electrons. The average Bonchev–Trinajstić information content (AvgIpc) is 2.53. The van der Waals surface area contributed by atoms with Gasteiger partial charge in [-0.05, 0) is 36.8 Å². The molecule has 1 N–H and O–H groups in total. The van der Waals surface area contributed by atoms with Gasteiger partial charge in [-0.3, -0.25) is 0 Å². The van der Waals surface area contributed by atoms with Crippen molar-refractivity contribution in [3.63, 3.8) is 0 Å². The zero-order chi connectivity index (χ0) is 15.1. The van der Waals surface area contributed by atoms with Crippen LogP contribution in [0.3, 0.4) is 0 Å². The van der Waals surface area contributed by atoms with Crippen LogP contribution in [0.5, 0.6) is 0 Å². The molecule has 0 aliphatic heterocycles. The number of nitrogens with zero attached hydrogens (tertiary/aromatic N) is 2. The van der Waals surface area contributed by atoms with E-state index in [9.17, 15) is 0 Å². The summed E-state index contributed by atoms with van der Waals surface area (Å²) in [6, 6.07) is 17.8. The van der Waals surface area contributed by atoms with E-state index in [1.165, 1.54) is 5.69 Å². The number of hydrogen-bond donors (Lipinski definition) is 1. The van der Waals surface area contributed by atoms with Crippen molar-refractivity contribution in [3.8, 4) is 6.07 Å². The third-order valence-corrected chi connectivity index (χ3v) is 3.52. The van der Waals surface area contributed by atoms with Crippen LogP contribution in [0.15, 0.2) is 48.5 Å². The zero-order valence-electron chi connectivity index (χ0n) is 12.0. The zero-order valence-corrected chi connectivity index (χ0v) is 12.8. The molecule has 0 fully saturated rings. The van der Waals surface area contributed by atoms with E-state index in [0.29, 0.717) is 10.6 Å². The van der Waals surface area contributed by atoms with E-state index in [0.717, 1.165) is 25.2 Å². The van der Waals surface area contributed by atoms with Gasteiger partial charge in [0.2, 0.25) is 0 Å². The molecule has 0 aromatic heterocycles. The summed E-state index contributed by atoms with van der Waals surface area (Å²) < 4.78 is 0. The second-order valence-corrected chi connectivity index (χ2v) is 5.28. The van der Waals surface area contributed by atoms with Crippen LogP contribution in [0.4, 0.5) is 11.4 Å². The first-order chi connectivity index (χ1) is 10.2. The summed E-state index contributed by atoms with van der Waals surface area (Å²) in [5.41, 5.74) is 2.63. The molecule has 0 aliphatic carbocycles. The molecule has 0 heterocycles. The van der Waals surface area contributed by atoms with Gasteiger partial charge in [0, 0.05) is 30.8 Å². The molecule has 0 spiro atoms. The average molecular weight is 300 g/mol. The minimum absolute atomic E-state index is 0.582. The predicted octanol–water partition coefficient (Wildman–Crippen LogP) is 4.15. The van der Waals surface area contributed by atoms with Gasteiger partial charge in [0.1, 0.15) is 6.07 Å². The summed E-state index contributed by atoms with van der Waals surface area (Å²) >= 11 is 5.88. The van der Waals surface area contributed by atoms with Crippen molar-refractivity contribution >= 4 is 23.0 Å². The first-order valence-corrected chi connectivity index (χ1v) is 7.28. The number of nitriles is 1. The van der Waals surface area contributed by atoms with Gasteiger partial charge < -0.3 is 10.2 Å². The van der Waals surface area contributed by atoms with E-state index in [2.05, 4.69) is 35.5 Å². The van der Waals surface area contributed by atoms with Gasteiger partial charge in [0.15, 0.2) is 0 Å². The van der Waals surface area contributed by atoms with Crippen molar-refractivity contribution in [2.24, 2.45) is 0 Å². The van der Waals surface area contributed by atoms with Crippen molar-refractivity contribution in [2.45, 2.75) is 6.42 Å². The van der Waals surface area contributed by atoms with E-state index in [1.54, 1.807) is 12.1 Å². The largest absolute Gasteiger partial charge is 0.384 e. The SMILES string of the molecule is CN(CCCNc1ccc(Cl)cc1C#N)c1ccccc1. The van der Waals surface area contributed by atoms with E-state index in [1.807, 2.05) is 24.3 Å². The standard InChI is InChI=1S/C17H18ClN3/c1-21(16-6-3-2-4-7-16)11-5-10-20-17-9-8-15(18)12-14(17)13-19/h2-4,6-9,12,20H,5,10-11H2,1H3. The highest BCUT2D eigenvalue weighted by Crippen LogP contribution is 2.19. The van der Waals surface area contributed by atoms with E-state index in [4.69, 9.17) is 16.9 Å². The first-order valence-electron chi connectivity index (χ1n) is 6.90. The lowest BCUT2D eigenvalue weighted by atomic mass is 10.2. The fourth-order valence-electron chi connectivity index (χ4n) is 2.11. The van der Waals surface area contributed by atoms with Gasteiger partial charge in [-0.15, -0.1) is 0 Å². The summed E-state index contributed by atoms with van der Waals surface area (Å²) in [7, 11) is 2.08. The smallest absolute Gasteiger partial charge is 0.101 e. The highest BCUT2D eigenvalue weighted by atomic mass is 35.5. The lowest BCUT2D eigenvalue weighted by Gasteiger charge is -2.19. The summed E-state index contributed by atoms with van der Waals surface area (Å²) in [6.07, 6.45) is 0.985. The molecule has 2 rings (SSSR count). The van der Waals surface area contributed by atoms with Crippen LogP contribution >= 0.6 is 11.6 Å². The molecule has 2 aromatic rings. The highest BCUT2D eigenvalue weighted by Gasteiger charge is 2.03. The van der Waals surface area contributed by atoms with Gasteiger partial charge in [-0.25, -0.2) is 0 Å². The van der Waals surface area contributed by atoms with Gasteiger partial charge in [0.05, 0.1) is 11.3 Å². The van der Waals surface area contributed by atoms with Crippen molar-refractivity contribution in [1.29, 1.82) is 5.26 Å². The number of benzene rings is 2. The third-order valence-electron chi connectivity index (χ3n) is 3.28. The van der Waals surface area contributed by atoms with Crippen LogP contribution in [-0.4, -0.2) is 20.1 Å². The van der Waals surface area contributed by atoms with Crippen molar-refractivity contribution < 1.29 is 0 Å². The molecule has 0 unspecified atom stereocenters. The van der Waals surface area contributed by atoms with E-state index >= 15 is 0 Å². The van der Waals surface area contributed by atoms with Crippen LogP contribution in [0.25, 0.3) is 0 Å².